The van der Waals surface area contributed by atoms with Crippen LogP contribution in [0, 0.1) is 0 Å². The number of carbonyl (C=O) groups is 1. The minimum absolute atomic E-state index is 0.104. The number of carbonyl (C=O) groups excluding carboxylic acids is 1. The summed E-state index contributed by atoms with van der Waals surface area (Å²) in [7, 11) is 0. The van der Waals surface area contributed by atoms with Crippen LogP contribution in [0.1, 0.15) is 19.8 Å². The Labute approximate surface area is 72.7 Å². The lowest BCUT2D eigenvalue weighted by molar-refractivity contribution is -0.116. The van der Waals surface area contributed by atoms with E-state index in [2.05, 4.69) is 11.9 Å². The van der Waals surface area contributed by atoms with Crippen molar-refractivity contribution in [1.82, 2.24) is 5.32 Å². The molecule has 1 amide bonds. The average Bonchev–Trinajstić information content (AvgIpc) is 2.06. The van der Waals surface area contributed by atoms with Crippen LogP contribution in [0.4, 0.5) is 0 Å². The Bertz CT molecular complexity index is 261. The molecule has 0 fully saturated rings. The predicted octanol–water partition coefficient (Wildman–Crippen LogP) is 1.91. The van der Waals surface area contributed by atoms with Gasteiger partial charge in [0.15, 0.2) is 0 Å². The van der Waals surface area contributed by atoms with Crippen molar-refractivity contribution in [2.45, 2.75) is 19.8 Å². The highest BCUT2D eigenvalue weighted by atomic mass is 16.1. The average molecular weight is 163 g/mol. The first kappa shape index (κ1) is 8.78. The zero-order valence-electron chi connectivity index (χ0n) is 7.26. The van der Waals surface area contributed by atoms with Gasteiger partial charge in [-0.3, -0.25) is 4.79 Å². The smallest absolute Gasteiger partial charge is 0.250 e. The van der Waals surface area contributed by atoms with Crippen molar-refractivity contribution in [2.75, 3.05) is 0 Å². The molecular formula is C10H13NO. The van der Waals surface area contributed by atoms with Crippen LogP contribution in [-0.4, -0.2) is 5.91 Å². The summed E-state index contributed by atoms with van der Waals surface area (Å²) < 4.78 is 0. The van der Waals surface area contributed by atoms with Gasteiger partial charge in [-0.25, -0.2) is 0 Å². The number of rotatable bonds is 2. The lowest BCUT2D eigenvalue weighted by atomic mass is 10.1. The monoisotopic (exact) mass is 163 g/mol. The molecule has 0 radical (unpaired) electrons. The van der Waals surface area contributed by atoms with E-state index in [1.54, 1.807) is 6.92 Å². The van der Waals surface area contributed by atoms with E-state index in [0.717, 1.165) is 18.5 Å². The fourth-order valence-electron chi connectivity index (χ4n) is 0.944. The summed E-state index contributed by atoms with van der Waals surface area (Å²) in [5, 5.41) is 2.75. The molecule has 2 nitrogen and oxygen atoms in total. The summed E-state index contributed by atoms with van der Waals surface area (Å²) in [6.45, 7) is 5.25. The van der Waals surface area contributed by atoms with Crippen molar-refractivity contribution < 1.29 is 4.79 Å². The highest BCUT2D eigenvalue weighted by Crippen LogP contribution is 2.06. The molecule has 0 aromatic carbocycles. The molecule has 2 heteroatoms. The molecule has 1 aliphatic rings. The Hall–Kier alpha value is -1.31. The number of amides is 1. The second-order valence-corrected chi connectivity index (χ2v) is 2.87. The Morgan fingerprint density at radius 2 is 2.33 bits per heavy atom. The molecule has 0 saturated heterocycles. The van der Waals surface area contributed by atoms with Gasteiger partial charge in [-0.1, -0.05) is 18.7 Å². The molecule has 0 bridgehead atoms. The van der Waals surface area contributed by atoms with E-state index >= 15 is 0 Å². The van der Waals surface area contributed by atoms with Crippen LogP contribution >= 0.6 is 0 Å². The van der Waals surface area contributed by atoms with Gasteiger partial charge in [0.05, 0.1) is 0 Å². The highest BCUT2D eigenvalue weighted by molar-refractivity contribution is 5.93. The van der Waals surface area contributed by atoms with Crippen LogP contribution in [-0.2, 0) is 4.79 Å². The molecule has 0 heterocycles. The molecule has 12 heavy (non-hydrogen) atoms. The molecule has 0 unspecified atom stereocenters. The second-order valence-electron chi connectivity index (χ2n) is 2.87. The molecular weight excluding hydrogens is 150 g/mol. The maximum atomic E-state index is 11.1. The maximum absolute atomic E-state index is 11.1. The van der Waals surface area contributed by atoms with Gasteiger partial charge in [0.1, 0.15) is 0 Å². The van der Waals surface area contributed by atoms with Gasteiger partial charge >= 0.3 is 0 Å². The molecule has 64 valence electrons. The minimum Gasteiger partial charge on any atom is -0.323 e. The zero-order valence-corrected chi connectivity index (χ0v) is 7.26. The first-order valence-electron chi connectivity index (χ1n) is 4.03. The normalized spacial score (nSPS) is 15.2. The van der Waals surface area contributed by atoms with Crippen molar-refractivity contribution >= 4 is 5.91 Å². The van der Waals surface area contributed by atoms with Crippen LogP contribution < -0.4 is 5.32 Å². The fourth-order valence-corrected chi connectivity index (χ4v) is 0.944. The molecule has 0 aliphatic heterocycles. The summed E-state index contributed by atoms with van der Waals surface area (Å²) in [6, 6.07) is 0. The van der Waals surface area contributed by atoms with Gasteiger partial charge in [0.25, 0.3) is 5.91 Å². The van der Waals surface area contributed by atoms with Gasteiger partial charge in [0.2, 0.25) is 0 Å². The summed E-state index contributed by atoms with van der Waals surface area (Å²) >= 11 is 0. The number of hydrogen-bond acceptors (Lipinski definition) is 1. The third kappa shape index (κ3) is 2.38. The first-order chi connectivity index (χ1) is 5.70. The summed E-state index contributed by atoms with van der Waals surface area (Å²) in [5.41, 5.74) is 1.42. The third-order valence-electron chi connectivity index (χ3n) is 1.64. The lowest BCUT2D eigenvalue weighted by Gasteiger charge is -2.08. The summed E-state index contributed by atoms with van der Waals surface area (Å²) in [4.78, 5) is 11.1. The van der Waals surface area contributed by atoms with Crippen LogP contribution in [0.3, 0.4) is 0 Å². The van der Waals surface area contributed by atoms with E-state index < -0.39 is 0 Å². The van der Waals surface area contributed by atoms with Gasteiger partial charge in [0, 0.05) is 11.3 Å². The Balaban J connectivity index is 2.51. The van der Waals surface area contributed by atoms with Crippen LogP contribution in [0.2, 0.25) is 0 Å². The lowest BCUT2D eigenvalue weighted by Crippen LogP contribution is -2.22. The van der Waals surface area contributed by atoms with Crippen molar-refractivity contribution in [2.24, 2.45) is 0 Å². The Morgan fingerprint density at radius 3 is 2.83 bits per heavy atom. The Kier molecular flexibility index (Phi) is 2.86. The van der Waals surface area contributed by atoms with Crippen LogP contribution in [0.15, 0.2) is 36.1 Å². The largest absolute Gasteiger partial charge is 0.323 e. The highest BCUT2D eigenvalue weighted by Gasteiger charge is 2.03. The predicted molar refractivity (Wildman–Crippen MR) is 49.4 cm³/mol. The summed E-state index contributed by atoms with van der Waals surface area (Å²) in [5.74, 6) is -0.104. The second kappa shape index (κ2) is 3.90. The number of allylic oxidation sites excluding steroid dienone is 3. The molecule has 1 aliphatic carbocycles. The molecule has 0 atom stereocenters. The third-order valence-corrected chi connectivity index (χ3v) is 1.64. The van der Waals surface area contributed by atoms with Gasteiger partial charge in [-0.15, -0.1) is 0 Å². The molecule has 0 aromatic heterocycles. The number of nitrogens with one attached hydrogen (secondary N) is 1. The van der Waals surface area contributed by atoms with Crippen LogP contribution in [0.5, 0.6) is 0 Å². The van der Waals surface area contributed by atoms with Crippen molar-refractivity contribution in [3.8, 4) is 0 Å². The van der Waals surface area contributed by atoms with E-state index in [1.807, 2.05) is 18.2 Å². The Morgan fingerprint density at radius 1 is 1.58 bits per heavy atom. The topological polar surface area (TPSA) is 29.1 Å². The van der Waals surface area contributed by atoms with Crippen LogP contribution in [0.25, 0.3) is 0 Å². The quantitative estimate of drug-likeness (QED) is 0.619. The zero-order chi connectivity index (χ0) is 8.97. The summed E-state index contributed by atoms with van der Waals surface area (Å²) in [6.07, 6.45) is 8.05. The maximum Gasteiger partial charge on any atom is 0.250 e. The number of hydrogen-bond donors (Lipinski definition) is 1. The molecule has 0 spiro atoms. The van der Waals surface area contributed by atoms with Gasteiger partial charge in [-0.05, 0) is 25.8 Å². The fraction of sp³-hybridized carbons (Fsp3) is 0.300. The molecule has 0 saturated carbocycles. The first-order valence-corrected chi connectivity index (χ1v) is 4.03. The SMILES string of the molecule is C=C(C)C(=O)NC1=CCCC=C1. The van der Waals surface area contributed by atoms with Crippen molar-refractivity contribution in [1.29, 1.82) is 0 Å². The van der Waals surface area contributed by atoms with E-state index in [4.69, 9.17) is 0 Å². The van der Waals surface area contributed by atoms with E-state index in [-0.39, 0.29) is 5.91 Å². The van der Waals surface area contributed by atoms with E-state index in [9.17, 15) is 4.79 Å². The van der Waals surface area contributed by atoms with Crippen molar-refractivity contribution in [3.63, 3.8) is 0 Å². The van der Waals surface area contributed by atoms with Gasteiger partial charge in [-0.2, -0.15) is 0 Å². The molecule has 0 aromatic rings. The molecule has 1 rings (SSSR count). The van der Waals surface area contributed by atoms with E-state index in [1.165, 1.54) is 0 Å². The minimum atomic E-state index is -0.104. The van der Waals surface area contributed by atoms with Gasteiger partial charge < -0.3 is 5.32 Å². The standard InChI is InChI=1S/C10H13NO/c1-8(2)10(12)11-9-6-4-3-5-7-9/h4,6-7H,1,3,5H2,2H3,(H,11,12). The van der Waals surface area contributed by atoms with Crippen molar-refractivity contribution in [3.05, 3.63) is 36.1 Å². The van der Waals surface area contributed by atoms with E-state index in [0.29, 0.717) is 5.57 Å². The molecule has 1 N–H and O–H groups in total.